The molecule has 0 saturated heterocycles. The van der Waals surface area contributed by atoms with Crippen LogP contribution >= 0.6 is 11.3 Å². The number of hydrogen-bond acceptors (Lipinski definition) is 3. The zero-order valence-electron chi connectivity index (χ0n) is 10.5. The molecule has 0 aliphatic carbocycles. The van der Waals surface area contributed by atoms with Crippen LogP contribution in [0.4, 0.5) is 0 Å². The van der Waals surface area contributed by atoms with Crippen LogP contribution in [0.2, 0.25) is 0 Å². The molecule has 90 valence electrons. The zero-order chi connectivity index (χ0) is 12.3. The molecule has 17 heavy (non-hydrogen) atoms. The third kappa shape index (κ3) is 3.14. The molecule has 3 heteroatoms. The van der Waals surface area contributed by atoms with Crippen LogP contribution in [-0.4, -0.2) is 4.98 Å². The number of rotatable bonds is 4. The van der Waals surface area contributed by atoms with Crippen LogP contribution in [0.3, 0.4) is 0 Å². The van der Waals surface area contributed by atoms with Gasteiger partial charge in [0.1, 0.15) is 5.01 Å². The number of nitrogens with zero attached hydrogens (tertiary/aromatic N) is 1. The van der Waals surface area contributed by atoms with E-state index in [2.05, 4.69) is 55.3 Å². The van der Waals surface area contributed by atoms with Crippen LogP contribution in [0.1, 0.15) is 42.1 Å². The molecule has 1 heterocycles. The first-order valence-corrected chi connectivity index (χ1v) is 6.77. The lowest BCUT2D eigenvalue weighted by Crippen LogP contribution is -2.22. The summed E-state index contributed by atoms with van der Waals surface area (Å²) in [5.74, 6) is 0. The van der Waals surface area contributed by atoms with Gasteiger partial charge in [0.05, 0.1) is 6.04 Å². The number of aromatic nitrogens is 1. The number of aryl methyl sites for hydroxylation is 1. The van der Waals surface area contributed by atoms with Gasteiger partial charge in [0, 0.05) is 17.6 Å². The van der Waals surface area contributed by atoms with Crippen molar-refractivity contribution in [2.45, 2.75) is 32.9 Å². The summed E-state index contributed by atoms with van der Waals surface area (Å²) in [5, 5.41) is 6.73. The number of thiazole rings is 1. The fourth-order valence-corrected chi connectivity index (χ4v) is 2.50. The van der Waals surface area contributed by atoms with Gasteiger partial charge in [0.25, 0.3) is 0 Å². The highest BCUT2D eigenvalue weighted by Crippen LogP contribution is 2.20. The first-order chi connectivity index (χ1) is 8.16. The van der Waals surface area contributed by atoms with Gasteiger partial charge in [-0.25, -0.2) is 4.98 Å². The summed E-state index contributed by atoms with van der Waals surface area (Å²) in [6.07, 6.45) is 1.86. The van der Waals surface area contributed by atoms with E-state index >= 15 is 0 Å². The molecule has 0 amide bonds. The molecule has 0 aliphatic heterocycles. The van der Waals surface area contributed by atoms with Crippen LogP contribution in [0, 0.1) is 6.92 Å². The topological polar surface area (TPSA) is 24.9 Å². The number of benzene rings is 1. The Morgan fingerprint density at radius 2 is 1.82 bits per heavy atom. The van der Waals surface area contributed by atoms with Gasteiger partial charge in [-0.2, -0.15) is 0 Å². The molecule has 0 saturated carbocycles. The van der Waals surface area contributed by atoms with Crippen molar-refractivity contribution in [3.8, 4) is 0 Å². The molecule has 1 aromatic carbocycles. The molecule has 2 nitrogen and oxygen atoms in total. The van der Waals surface area contributed by atoms with E-state index in [1.807, 2.05) is 11.6 Å². The Bertz CT molecular complexity index is 448. The maximum atomic E-state index is 4.33. The van der Waals surface area contributed by atoms with E-state index in [9.17, 15) is 0 Å². The molecule has 0 spiro atoms. The fourth-order valence-electron chi connectivity index (χ4n) is 1.85. The molecule has 0 aliphatic rings. The largest absolute Gasteiger partial charge is 0.302 e. The monoisotopic (exact) mass is 246 g/mol. The summed E-state index contributed by atoms with van der Waals surface area (Å²) in [6, 6.07) is 9.31. The molecule has 0 fully saturated rings. The summed E-state index contributed by atoms with van der Waals surface area (Å²) in [5.41, 5.74) is 2.62. The highest BCUT2D eigenvalue weighted by Gasteiger charge is 2.12. The Labute approximate surface area is 107 Å². The molecular formula is C14H18N2S. The molecule has 2 rings (SSSR count). The predicted octanol–water partition coefficient (Wildman–Crippen LogP) is 3.86. The molecule has 2 atom stereocenters. The van der Waals surface area contributed by atoms with Gasteiger partial charge in [-0.1, -0.05) is 29.8 Å². The molecular weight excluding hydrogens is 228 g/mol. The van der Waals surface area contributed by atoms with Crippen LogP contribution < -0.4 is 5.32 Å². The Morgan fingerprint density at radius 1 is 1.12 bits per heavy atom. The third-order valence-electron chi connectivity index (χ3n) is 2.90. The zero-order valence-corrected chi connectivity index (χ0v) is 11.3. The smallest absolute Gasteiger partial charge is 0.109 e. The summed E-state index contributed by atoms with van der Waals surface area (Å²) < 4.78 is 0. The molecule has 1 unspecified atom stereocenters. The average molecular weight is 246 g/mol. The van der Waals surface area contributed by atoms with E-state index in [1.165, 1.54) is 11.1 Å². The van der Waals surface area contributed by atoms with Gasteiger partial charge >= 0.3 is 0 Å². The summed E-state index contributed by atoms with van der Waals surface area (Å²) in [4.78, 5) is 4.33. The predicted molar refractivity (Wildman–Crippen MR) is 73.3 cm³/mol. The number of hydrogen-bond donors (Lipinski definition) is 1. The van der Waals surface area contributed by atoms with E-state index in [1.54, 1.807) is 11.3 Å². The lowest BCUT2D eigenvalue weighted by atomic mass is 10.1. The normalized spacial score (nSPS) is 14.5. The summed E-state index contributed by atoms with van der Waals surface area (Å²) >= 11 is 1.70. The average Bonchev–Trinajstić information content (AvgIpc) is 2.83. The lowest BCUT2D eigenvalue weighted by molar-refractivity contribution is 0.493. The first kappa shape index (κ1) is 12.3. The standard InChI is InChI=1S/C14H18N2S/c1-10-4-6-13(7-5-10)11(2)16-12(3)14-15-8-9-17-14/h4-9,11-12,16H,1-3H3/t11-,12?/m0/s1. The van der Waals surface area contributed by atoms with E-state index < -0.39 is 0 Å². The van der Waals surface area contributed by atoms with E-state index in [-0.39, 0.29) is 0 Å². The SMILES string of the molecule is Cc1ccc([C@H](C)NC(C)c2nccs2)cc1. The van der Waals surface area contributed by atoms with Crippen molar-refractivity contribution in [2.24, 2.45) is 0 Å². The third-order valence-corrected chi connectivity index (χ3v) is 3.86. The minimum absolute atomic E-state index is 0.298. The first-order valence-electron chi connectivity index (χ1n) is 5.89. The maximum absolute atomic E-state index is 4.33. The van der Waals surface area contributed by atoms with Crippen LogP contribution in [-0.2, 0) is 0 Å². The number of nitrogens with one attached hydrogen (secondary N) is 1. The molecule has 1 N–H and O–H groups in total. The maximum Gasteiger partial charge on any atom is 0.109 e. The van der Waals surface area contributed by atoms with Crippen molar-refractivity contribution in [2.75, 3.05) is 0 Å². The van der Waals surface area contributed by atoms with Crippen molar-refractivity contribution < 1.29 is 0 Å². The van der Waals surface area contributed by atoms with Gasteiger partial charge in [0.15, 0.2) is 0 Å². The molecule has 0 bridgehead atoms. The van der Waals surface area contributed by atoms with E-state index in [4.69, 9.17) is 0 Å². The van der Waals surface area contributed by atoms with Gasteiger partial charge in [0.2, 0.25) is 0 Å². The van der Waals surface area contributed by atoms with Crippen LogP contribution in [0.5, 0.6) is 0 Å². The Kier molecular flexibility index (Phi) is 3.92. The van der Waals surface area contributed by atoms with Gasteiger partial charge < -0.3 is 5.32 Å². The van der Waals surface area contributed by atoms with E-state index in [0.29, 0.717) is 12.1 Å². The second-order valence-corrected chi connectivity index (χ2v) is 5.32. The summed E-state index contributed by atoms with van der Waals surface area (Å²) in [6.45, 7) is 6.46. The van der Waals surface area contributed by atoms with Crippen molar-refractivity contribution in [1.29, 1.82) is 0 Å². The second-order valence-electron chi connectivity index (χ2n) is 4.39. The minimum Gasteiger partial charge on any atom is -0.302 e. The van der Waals surface area contributed by atoms with Crippen molar-refractivity contribution in [3.63, 3.8) is 0 Å². The highest BCUT2D eigenvalue weighted by molar-refractivity contribution is 7.09. The molecule has 0 radical (unpaired) electrons. The van der Waals surface area contributed by atoms with Crippen LogP contribution in [0.25, 0.3) is 0 Å². The van der Waals surface area contributed by atoms with E-state index in [0.717, 1.165) is 5.01 Å². The Hall–Kier alpha value is -1.19. The Morgan fingerprint density at radius 3 is 2.41 bits per heavy atom. The van der Waals surface area contributed by atoms with Gasteiger partial charge in [-0.3, -0.25) is 0 Å². The highest BCUT2D eigenvalue weighted by atomic mass is 32.1. The van der Waals surface area contributed by atoms with Crippen LogP contribution in [0.15, 0.2) is 35.8 Å². The van der Waals surface area contributed by atoms with Crippen molar-refractivity contribution in [3.05, 3.63) is 52.0 Å². The van der Waals surface area contributed by atoms with Crippen molar-refractivity contribution >= 4 is 11.3 Å². The quantitative estimate of drug-likeness (QED) is 0.886. The van der Waals surface area contributed by atoms with Gasteiger partial charge in [-0.15, -0.1) is 11.3 Å². The lowest BCUT2D eigenvalue weighted by Gasteiger charge is -2.19. The molecule has 1 aromatic heterocycles. The summed E-state index contributed by atoms with van der Waals surface area (Å²) in [7, 11) is 0. The fraction of sp³-hybridized carbons (Fsp3) is 0.357. The van der Waals surface area contributed by atoms with Crippen molar-refractivity contribution in [1.82, 2.24) is 10.3 Å². The molecule has 2 aromatic rings. The minimum atomic E-state index is 0.298. The Balaban J connectivity index is 2.01. The van der Waals surface area contributed by atoms with Gasteiger partial charge in [-0.05, 0) is 26.3 Å². The second kappa shape index (κ2) is 5.43.